The number of benzene rings is 2. The maximum absolute atomic E-state index is 13.8. The Morgan fingerprint density at radius 2 is 1.71 bits per heavy atom. The van der Waals surface area contributed by atoms with E-state index in [1.165, 1.54) is 18.2 Å². The number of hydrogen-bond acceptors (Lipinski definition) is 5. The number of likely N-dealkylation sites (N-methyl/N-ethyl adjacent to an activating group) is 1. The van der Waals surface area contributed by atoms with Gasteiger partial charge in [0.25, 0.3) is 0 Å². The van der Waals surface area contributed by atoms with Crippen LogP contribution in [0.3, 0.4) is 0 Å². The summed E-state index contributed by atoms with van der Waals surface area (Å²) in [5.41, 5.74) is -1.92. The van der Waals surface area contributed by atoms with E-state index >= 15 is 0 Å². The molecule has 7 nitrogen and oxygen atoms in total. The van der Waals surface area contributed by atoms with Gasteiger partial charge in [0.15, 0.2) is 0 Å². The van der Waals surface area contributed by atoms with Crippen molar-refractivity contribution in [1.82, 2.24) is 15.5 Å². The number of amides is 2. The molecule has 2 aromatic rings. The van der Waals surface area contributed by atoms with E-state index < -0.39 is 17.3 Å². The third-order valence-corrected chi connectivity index (χ3v) is 7.84. The smallest absolute Gasteiger partial charge is 0.419 e. The van der Waals surface area contributed by atoms with Crippen LogP contribution in [0.2, 0.25) is 0 Å². The largest absolute Gasteiger partial charge is 0.456 e. The fraction of sp³-hybridized carbons (Fsp3) is 0.594. The predicted octanol–water partition coefficient (Wildman–Crippen LogP) is 6.56. The molecule has 0 aromatic heterocycles. The average Bonchev–Trinajstić information content (AvgIpc) is 2.95. The minimum atomic E-state index is -4.60. The zero-order chi connectivity index (χ0) is 30.8. The zero-order valence-electron chi connectivity index (χ0n) is 25.2. The summed E-state index contributed by atoms with van der Waals surface area (Å²) in [6, 6.07) is 11.6. The molecule has 1 unspecified atom stereocenters. The Morgan fingerprint density at radius 1 is 1.07 bits per heavy atom. The topological polar surface area (TPSA) is 83.1 Å². The van der Waals surface area contributed by atoms with Gasteiger partial charge in [-0.2, -0.15) is 13.2 Å². The number of likely N-dealkylation sites (tertiary alicyclic amines) is 1. The van der Waals surface area contributed by atoms with Gasteiger partial charge in [-0.1, -0.05) is 44.2 Å². The van der Waals surface area contributed by atoms with Crippen LogP contribution in [0.15, 0.2) is 48.5 Å². The van der Waals surface area contributed by atoms with E-state index in [4.69, 9.17) is 9.47 Å². The Kier molecular flexibility index (Phi) is 12.5. The number of rotatable bonds is 14. The Morgan fingerprint density at radius 3 is 2.33 bits per heavy atom. The van der Waals surface area contributed by atoms with Crippen LogP contribution in [0.4, 0.5) is 18.0 Å². The van der Waals surface area contributed by atoms with Crippen molar-refractivity contribution in [3.63, 3.8) is 0 Å². The van der Waals surface area contributed by atoms with E-state index in [0.29, 0.717) is 69.8 Å². The van der Waals surface area contributed by atoms with Crippen molar-refractivity contribution in [1.29, 1.82) is 0 Å². The predicted molar refractivity (Wildman–Crippen MR) is 158 cm³/mol. The summed E-state index contributed by atoms with van der Waals surface area (Å²) < 4.78 is 52.4. The molecule has 42 heavy (non-hydrogen) atoms. The van der Waals surface area contributed by atoms with Crippen LogP contribution in [0.1, 0.15) is 63.5 Å². The van der Waals surface area contributed by atoms with Gasteiger partial charge in [0, 0.05) is 50.9 Å². The first kappa shape index (κ1) is 33.7. The Labute approximate surface area is 247 Å². The number of nitrogens with zero attached hydrogens (tertiary/aromatic N) is 1. The molecule has 0 aliphatic carbocycles. The van der Waals surface area contributed by atoms with E-state index in [9.17, 15) is 23.1 Å². The van der Waals surface area contributed by atoms with Crippen molar-refractivity contribution < 1.29 is 32.5 Å². The number of piperidine rings is 1. The summed E-state index contributed by atoms with van der Waals surface area (Å²) >= 11 is 0. The highest BCUT2D eigenvalue weighted by molar-refractivity contribution is 5.74. The van der Waals surface area contributed by atoms with Crippen LogP contribution in [0.25, 0.3) is 0 Å². The summed E-state index contributed by atoms with van der Waals surface area (Å²) in [7, 11) is 3.47. The Hall–Kier alpha value is -2.82. The van der Waals surface area contributed by atoms with Crippen LogP contribution >= 0.6 is 0 Å². The Balaban J connectivity index is 1.92. The fourth-order valence-electron chi connectivity index (χ4n) is 5.85. The quantitative estimate of drug-likeness (QED) is 0.216. The minimum absolute atomic E-state index is 0.0290. The van der Waals surface area contributed by atoms with E-state index in [1.807, 2.05) is 7.05 Å². The number of para-hydroxylation sites is 2. The molecule has 1 aliphatic heterocycles. The number of hydrogen-bond donors (Lipinski definition) is 3. The monoisotopic (exact) mass is 593 g/mol. The molecular formula is C32H46F3N3O4. The molecule has 3 N–H and O–H groups in total. The van der Waals surface area contributed by atoms with Gasteiger partial charge in [0.2, 0.25) is 0 Å². The number of carbonyl (C=O) groups excluding carboxylic acids is 1. The van der Waals surface area contributed by atoms with Crippen molar-refractivity contribution >= 4 is 6.03 Å². The minimum Gasteiger partial charge on any atom is -0.456 e. The SMILES string of the molecule is CNCC(CC(C)C)NC(=O)N1CCC[C@@H]([C@@](O)(CCCCOC)c2ccccc2Oc2ccccc2C(F)(F)F)C1. The van der Waals surface area contributed by atoms with Crippen molar-refractivity contribution in [2.45, 2.75) is 70.2 Å². The number of alkyl halides is 3. The molecule has 0 saturated carbocycles. The first-order valence-electron chi connectivity index (χ1n) is 14.8. The molecule has 1 heterocycles. The van der Waals surface area contributed by atoms with Crippen LogP contribution in [-0.2, 0) is 16.5 Å². The molecule has 0 spiro atoms. The zero-order valence-corrected chi connectivity index (χ0v) is 25.2. The molecular weight excluding hydrogens is 547 g/mol. The maximum atomic E-state index is 13.8. The molecule has 2 aromatic carbocycles. The van der Waals surface area contributed by atoms with Gasteiger partial charge in [-0.05, 0) is 69.7 Å². The van der Waals surface area contributed by atoms with Crippen LogP contribution in [0, 0.1) is 11.8 Å². The molecule has 3 rings (SSSR count). The van der Waals surface area contributed by atoms with E-state index in [1.54, 1.807) is 36.3 Å². The lowest BCUT2D eigenvalue weighted by atomic mass is 9.73. The average molecular weight is 594 g/mol. The van der Waals surface area contributed by atoms with Crippen molar-refractivity contribution in [3.05, 3.63) is 59.7 Å². The summed E-state index contributed by atoms with van der Waals surface area (Å²) in [6.07, 6.45) is -0.746. The lowest BCUT2D eigenvalue weighted by Crippen LogP contribution is -2.54. The number of unbranched alkanes of at least 4 members (excludes halogenated alkanes) is 1. The fourth-order valence-corrected chi connectivity index (χ4v) is 5.85. The highest BCUT2D eigenvalue weighted by Gasteiger charge is 2.43. The van der Waals surface area contributed by atoms with Gasteiger partial charge >= 0.3 is 12.2 Å². The third-order valence-electron chi connectivity index (χ3n) is 7.84. The number of urea groups is 1. The number of aliphatic hydroxyl groups is 1. The molecule has 2 amide bonds. The molecule has 1 aliphatic rings. The molecule has 234 valence electrons. The number of methoxy groups -OCH3 is 1. The number of nitrogens with one attached hydrogen (secondary N) is 2. The van der Waals surface area contributed by atoms with Crippen LogP contribution < -0.4 is 15.4 Å². The standard InChI is InChI=1S/C32H46F3N3O4/c1-23(2)20-25(21-36-3)37-30(39)38-18-11-12-24(22-38)31(40,17-9-10-19-41-4)26-13-5-7-15-28(26)42-29-16-8-6-14-27(29)32(33,34)35/h5-8,13-16,23-25,36,40H,9-12,17-22H2,1-4H3,(H,37,39)/t24-,25?,31+/m1/s1. The second-order valence-corrected chi connectivity index (χ2v) is 11.6. The van der Waals surface area contributed by atoms with Crippen LogP contribution in [0.5, 0.6) is 11.5 Å². The van der Waals surface area contributed by atoms with Crippen LogP contribution in [-0.4, -0.2) is 62.5 Å². The first-order chi connectivity index (χ1) is 20.0. The van der Waals surface area contributed by atoms with Crippen molar-refractivity contribution in [3.8, 4) is 11.5 Å². The van der Waals surface area contributed by atoms with Gasteiger partial charge < -0.3 is 30.1 Å². The van der Waals surface area contributed by atoms with E-state index in [0.717, 1.165) is 12.5 Å². The molecule has 0 bridgehead atoms. The van der Waals surface area contributed by atoms with Gasteiger partial charge in [-0.3, -0.25) is 0 Å². The lowest BCUT2D eigenvalue weighted by Gasteiger charge is -2.43. The van der Waals surface area contributed by atoms with E-state index in [-0.39, 0.29) is 29.5 Å². The highest BCUT2D eigenvalue weighted by atomic mass is 19.4. The summed E-state index contributed by atoms with van der Waals surface area (Å²) in [4.78, 5) is 15.1. The third kappa shape index (κ3) is 9.09. The highest BCUT2D eigenvalue weighted by Crippen LogP contribution is 2.46. The Bertz CT molecular complexity index is 1130. The summed E-state index contributed by atoms with van der Waals surface area (Å²) in [5.74, 6) is -0.107. The number of carbonyl (C=O) groups is 1. The molecule has 10 heteroatoms. The number of ether oxygens (including phenoxy) is 2. The van der Waals surface area contributed by atoms with Crippen molar-refractivity contribution in [2.24, 2.45) is 11.8 Å². The summed E-state index contributed by atoms with van der Waals surface area (Å²) in [5, 5.41) is 18.8. The first-order valence-corrected chi connectivity index (χ1v) is 14.8. The molecule has 1 fully saturated rings. The normalized spacial score (nSPS) is 18.0. The summed E-state index contributed by atoms with van der Waals surface area (Å²) in [6.45, 7) is 6.27. The van der Waals surface area contributed by atoms with Crippen molar-refractivity contribution in [2.75, 3.05) is 40.4 Å². The van der Waals surface area contributed by atoms with Gasteiger partial charge in [-0.25, -0.2) is 4.79 Å². The van der Waals surface area contributed by atoms with E-state index in [2.05, 4.69) is 24.5 Å². The van der Waals surface area contributed by atoms with Gasteiger partial charge in [-0.15, -0.1) is 0 Å². The molecule has 0 radical (unpaired) electrons. The second kappa shape index (κ2) is 15.6. The van der Waals surface area contributed by atoms with Gasteiger partial charge in [0.1, 0.15) is 11.5 Å². The number of halogens is 3. The molecule has 1 saturated heterocycles. The van der Waals surface area contributed by atoms with Gasteiger partial charge in [0.05, 0.1) is 11.2 Å². The lowest BCUT2D eigenvalue weighted by molar-refractivity contribution is -0.138. The molecule has 3 atom stereocenters. The maximum Gasteiger partial charge on any atom is 0.419 e. The second-order valence-electron chi connectivity index (χ2n) is 11.6.